The maximum absolute atomic E-state index is 10.8. The highest BCUT2D eigenvalue weighted by atomic mass is 16.1. The molecule has 68 valence electrons. The van der Waals surface area contributed by atoms with E-state index in [1.807, 2.05) is 13.8 Å². The summed E-state index contributed by atoms with van der Waals surface area (Å²) in [5.74, 6) is 0.462. The Bertz CT molecular complexity index is 201. The van der Waals surface area contributed by atoms with Gasteiger partial charge >= 0.3 is 0 Å². The molecule has 1 aliphatic rings. The van der Waals surface area contributed by atoms with Crippen LogP contribution < -0.4 is 0 Å². The van der Waals surface area contributed by atoms with Crippen LogP contribution in [0.15, 0.2) is 11.6 Å². The van der Waals surface area contributed by atoms with Crippen molar-refractivity contribution in [2.45, 2.75) is 40.0 Å². The minimum Gasteiger partial charge on any atom is -0.303 e. The second-order valence-electron chi connectivity index (χ2n) is 4.45. The van der Waals surface area contributed by atoms with Crippen molar-refractivity contribution in [2.24, 2.45) is 11.3 Å². The molecular weight excluding hydrogens is 148 g/mol. The van der Waals surface area contributed by atoms with Crippen LogP contribution in [0.1, 0.15) is 40.0 Å². The lowest BCUT2D eigenvalue weighted by molar-refractivity contribution is -0.116. The maximum Gasteiger partial charge on any atom is 0.126 e. The molecule has 0 heterocycles. The molecule has 1 atom stereocenters. The van der Waals surface area contributed by atoms with Crippen molar-refractivity contribution < 1.29 is 4.79 Å². The van der Waals surface area contributed by atoms with Crippen LogP contribution in [0.4, 0.5) is 0 Å². The molecule has 1 heteroatoms. The third-order valence-electron chi connectivity index (χ3n) is 2.83. The van der Waals surface area contributed by atoms with Gasteiger partial charge < -0.3 is 4.79 Å². The number of rotatable bonds is 2. The van der Waals surface area contributed by atoms with E-state index >= 15 is 0 Å². The molecule has 1 unspecified atom stereocenters. The second-order valence-corrected chi connectivity index (χ2v) is 4.45. The normalized spacial score (nSPS) is 24.9. The first-order chi connectivity index (χ1) is 5.56. The number of aldehydes is 1. The molecule has 0 radical (unpaired) electrons. The van der Waals surface area contributed by atoms with Crippen LogP contribution in [0.3, 0.4) is 0 Å². The summed E-state index contributed by atoms with van der Waals surface area (Å²) in [6.45, 7) is 6.21. The van der Waals surface area contributed by atoms with Crippen molar-refractivity contribution >= 4 is 6.29 Å². The highest BCUT2D eigenvalue weighted by Crippen LogP contribution is 2.34. The van der Waals surface area contributed by atoms with Gasteiger partial charge in [-0.25, -0.2) is 0 Å². The van der Waals surface area contributed by atoms with Gasteiger partial charge in [0.25, 0.3) is 0 Å². The van der Waals surface area contributed by atoms with Gasteiger partial charge in [0.15, 0.2) is 0 Å². The molecule has 0 N–H and O–H groups in total. The highest BCUT2D eigenvalue weighted by Gasteiger charge is 2.28. The van der Waals surface area contributed by atoms with Crippen LogP contribution in [0, 0.1) is 11.3 Å². The predicted molar refractivity (Wildman–Crippen MR) is 50.9 cm³/mol. The fraction of sp³-hybridized carbons (Fsp3) is 0.727. The number of allylic oxidation sites excluding steroid dienone is 2. The quantitative estimate of drug-likeness (QED) is 0.455. The summed E-state index contributed by atoms with van der Waals surface area (Å²) in [7, 11) is 0. The topological polar surface area (TPSA) is 17.1 Å². The first kappa shape index (κ1) is 9.50. The average Bonchev–Trinajstić information content (AvgIpc) is 2.05. The van der Waals surface area contributed by atoms with Gasteiger partial charge in [0.05, 0.1) is 0 Å². The summed E-state index contributed by atoms with van der Waals surface area (Å²) in [5.41, 5.74) is 1.28. The van der Waals surface area contributed by atoms with E-state index in [-0.39, 0.29) is 5.41 Å². The maximum atomic E-state index is 10.8. The zero-order chi connectivity index (χ0) is 9.19. The van der Waals surface area contributed by atoms with Crippen molar-refractivity contribution in [1.29, 1.82) is 0 Å². The summed E-state index contributed by atoms with van der Waals surface area (Å²) >= 11 is 0. The van der Waals surface area contributed by atoms with Crippen molar-refractivity contribution in [1.82, 2.24) is 0 Å². The van der Waals surface area contributed by atoms with E-state index in [0.717, 1.165) is 6.29 Å². The molecule has 0 bridgehead atoms. The SMILES string of the molecule is CC1=CC(C(C)(C)C=O)CCC1. The molecule has 0 amide bonds. The molecule has 0 spiro atoms. The molecule has 12 heavy (non-hydrogen) atoms. The standard InChI is InChI=1S/C11H18O/c1-9-5-4-6-10(7-9)11(2,3)8-12/h7-8,10H,4-6H2,1-3H3. The van der Waals surface area contributed by atoms with Gasteiger partial charge in [-0.1, -0.05) is 25.5 Å². The Balaban J connectivity index is 2.75. The third kappa shape index (κ3) is 1.96. The Kier molecular flexibility index (Phi) is 2.71. The van der Waals surface area contributed by atoms with Crippen molar-refractivity contribution in [3.8, 4) is 0 Å². The fourth-order valence-electron chi connectivity index (χ4n) is 1.79. The Morgan fingerprint density at radius 2 is 2.25 bits per heavy atom. The zero-order valence-electron chi connectivity index (χ0n) is 8.26. The number of hydrogen-bond donors (Lipinski definition) is 0. The lowest BCUT2D eigenvalue weighted by atomic mass is 9.74. The molecule has 0 aromatic carbocycles. The van der Waals surface area contributed by atoms with E-state index in [4.69, 9.17) is 0 Å². The van der Waals surface area contributed by atoms with E-state index in [0.29, 0.717) is 5.92 Å². The fourth-order valence-corrected chi connectivity index (χ4v) is 1.79. The summed E-state index contributed by atoms with van der Waals surface area (Å²) < 4.78 is 0. The minimum absolute atomic E-state index is 0.165. The zero-order valence-corrected chi connectivity index (χ0v) is 8.26. The molecule has 1 nitrogen and oxygen atoms in total. The molecule has 1 rings (SSSR count). The third-order valence-corrected chi connectivity index (χ3v) is 2.83. The number of carbonyl (C=O) groups excluding carboxylic acids is 1. The minimum atomic E-state index is -0.165. The largest absolute Gasteiger partial charge is 0.303 e. The first-order valence-electron chi connectivity index (χ1n) is 4.70. The summed E-state index contributed by atoms with van der Waals surface area (Å²) in [4.78, 5) is 10.8. The Morgan fingerprint density at radius 3 is 2.75 bits per heavy atom. The van der Waals surface area contributed by atoms with Gasteiger partial charge in [-0.2, -0.15) is 0 Å². The molecular formula is C11H18O. The second kappa shape index (κ2) is 3.42. The van der Waals surface area contributed by atoms with E-state index in [1.54, 1.807) is 0 Å². The smallest absolute Gasteiger partial charge is 0.126 e. The number of hydrogen-bond acceptors (Lipinski definition) is 1. The van der Waals surface area contributed by atoms with Crippen LogP contribution in [0.5, 0.6) is 0 Å². The molecule has 0 aliphatic heterocycles. The van der Waals surface area contributed by atoms with Gasteiger partial charge in [-0.3, -0.25) is 0 Å². The van der Waals surface area contributed by atoms with Crippen LogP contribution in [0.2, 0.25) is 0 Å². The van der Waals surface area contributed by atoms with Gasteiger partial charge in [-0.15, -0.1) is 0 Å². The molecule has 0 aromatic heterocycles. The summed E-state index contributed by atoms with van der Waals surface area (Å²) in [5, 5.41) is 0. The molecule has 0 saturated carbocycles. The summed E-state index contributed by atoms with van der Waals surface area (Å²) in [6.07, 6.45) is 6.99. The first-order valence-corrected chi connectivity index (χ1v) is 4.70. The Hall–Kier alpha value is -0.590. The van der Waals surface area contributed by atoms with Gasteiger partial charge in [-0.05, 0) is 32.1 Å². The van der Waals surface area contributed by atoms with Gasteiger partial charge in [0.2, 0.25) is 0 Å². The lowest BCUT2D eigenvalue weighted by Gasteiger charge is -2.30. The number of carbonyl (C=O) groups is 1. The van der Waals surface area contributed by atoms with Crippen molar-refractivity contribution in [2.75, 3.05) is 0 Å². The summed E-state index contributed by atoms with van der Waals surface area (Å²) in [6, 6.07) is 0. The van der Waals surface area contributed by atoms with E-state index in [1.165, 1.54) is 24.8 Å². The molecule has 0 fully saturated rings. The monoisotopic (exact) mass is 166 g/mol. The van der Waals surface area contributed by atoms with E-state index in [9.17, 15) is 4.79 Å². The Labute approximate surface area is 74.9 Å². The Morgan fingerprint density at radius 1 is 1.58 bits per heavy atom. The molecule has 1 aliphatic carbocycles. The van der Waals surface area contributed by atoms with E-state index in [2.05, 4.69) is 13.0 Å². The average molecular weight is 166 g/mol. The molecule has 0 saturated heterocycles. The lowest BCUT2D eigenvalue weighted by Crippen LogP contribution is -2.25. The van der Waals surface area contributed by atoms with Crippen LogP contribution in [-0.2, 0) is 4.79 Å². The predicted octanol–water partition coefficient (Wildman–Crippen LogP) is 2.96. The van der Waals surface area contributed by atoms with Gasteiger partial charge in [0, 0.05) is 5.41 Å². The van der Waals surface area contributed by atoms with Crippen LogP contribution in [0.25, 0.3) is 0 Å². The molecule has 0 aromatic rings. The van der Waals surface area contributed by atoms with Crippen LogP contribution in [-0.4, -0.2) is 6.29 Å². The van der Waals surface area contributed by atoms with Crippen molar-refractivity contribution in [3.63, 3.8) is 0 Å². The van der Waals surface area contributed by atoms with Crippen LogP contribution >= 0.6 is 0 Å². The van der Waals surface area contributed by atoms with Gasteiger partial charge in [0.1, 0.15) is 6.29 Å². The van der Waals surface area contributed by atoms with E-state index < -0.39 is 0 Å². The van der Waals surface area contributed by atoms with Crippen molar-refractivity contribution in [3.05, 3.63) is 11.6 Å². The highest BCUT2D eigenvalue weighted by molar-refractivity contribution is 5.59.